The van der Waals surface area contributed by atoms with Crippen LogP contribution in [-0.2, 0) is 16.9 Å². The van der Waals surface area contributed by atoms with Crippen LogP contribution in [0.4, 0.5) is 5.69 Å². The third-order valence-corrected chi connectivity index (χ3v) is 8.31. The molecule has 1 spiro atoms. The Morgan fingerprint density at radius 3 is 2.65 bits per heavy atom. The molecule has 0 unspecified atom stereocenters. The van der Waals surface area contributed by atoms with Gasteiger partial charge in [-0.25, -0.2) is 0 Å². The molecule has 0 bridgehead atoms. The summed E-state index contributed by atoms with van der Waals surface area (Å²) in [7, 11) is 1.79. The van der Waals surface area contributed by atoms with Crippen LogP contribution in [0.15, 0.2) is 89.4 Å². The first-order valence-electron chi connectivity index (χ1n) is 12.1. The predicted molar refractivity (Wildman–Crippen MR) is 145 cm³/mol. The van der Waals surface area contributed by atoms with Crippen LogP contribution in [0.25, 0.3) is 10.8 Å². The lowest BCUT2D eigenvalue weighted by atomic mass is 9.79. The monoisotopic (exact) mass is 557 g/mol. The van der Waals surface area contributed by atoms with Crippen molar-refractivity contribution in [2.45, 2.75) is 24.1 Å². The van der Waals surface area contributed by atoms with E-state index in [1.807, 2.05) is 65.6 Å². The number of nitrogens with one attached hydrogen (secondary N) is 1. The molecule has 6 rings (SSSR count). The minimum atomic E-state index is -1.36. The minimum Gasteiger partial charge on any atom is -0.488 e. The number of hydrogen-bond acceptors (Lipinski definition) is 5. The number of nitrogens with zero attached hydrogens (tertiary/aromatic N) is 2. The van der Waals surface area contributed by atoms with E-state index in [9.17, 15) is 14.9 Å². The number of para-hydroxylation sites is 1. The van der Waals surface area contributed by atoms with Crippen LogP contribution in [0.2, 0.25) is 0 Å². The Hall–Kier alpha value is -3.75. The van der Waals surface area contributed by atoms with Crippen LogP contribution >= 0.6 is 15.9 Å². The van der Waals surface area contributed by atoms with Crippen LogP contribution in [0.3, 0.4) is 0 Å². The summed E-state index contributed by atoms with van der Waals surface area (Å²) in [5.41, 5.74) is 1.78. The molecule has 4 aromatic rings. The van der Waals surface area contributed by atoms with Crippen molar-refractivity contribution in [1.82, 2.24) is 4.90 Å². The Morgan fingerprint density at radius 2 is 1.84 bits per heavy atom. The number of likely N-dealkylation sites (N-methyl/N-ethyl adjacent to an activating group) is 1. The van der Waals surface area contributed by atoms with Gasteiger partial charge in [0.2, 0.25) is 0 Å². The molecule has 1 amide bonds. The van der Waals surface area contributed by atoms with Crippen molar-refractivity contribution >= 4 is 38.3 Å². The van der Waals surface area contributed by atoms with Crippen molar-refractivity contribution in [3.8, 4) is 5.75 Å². The molecule has 3 atom stereocenters. The smallest absolute Gasteiger partial charge is 0.256 e. The standard InChI is InChI=1S/C29H24BrN3O4/c1-32-16-22(27(33(35)36)29(32)23-11-4-5-12-25(23)31-28(29)34)19-13-14-26(24(30)15-19)37-17-20-9-6-8-18-7-2-3-10-21(18)20/h2-15,22,27H,16-17H2,1H3,(H,31,34)/t22-,27-,29-/m1/s1. The summed E-state index contributed by atoms with van der Waals surface area (Å²) in [5.74, 6) is -0.186. The molecule has 0 saturated carbocycles. The molecule has 2 aliphatic rings. The van der Waals surface area contributed by atoms with E-state index >= 15 is 0 Å². The van der Waals surface area contributed by atoms with Crippen molar-refractivity contribution in [1.29, 1.82) is 0 Å². The highest BCUT2D eigenvalue weighted by Gasteiger charge is 2.68. The average molecular weight is 558 g/mol. The zero-order valence-electron chi connectivity index (χ0n) is 20.1. The van der Waals surface area contributed by atoms with Crippen LogP contribution in [0, 0.1) is 10.1 Å². The van der Waals surface area contributed by atoms with E-state index < -0.39 is 17.5 Å². The van der Waals surface area contributed by atoms with Crippen molar-refractivity contribution < 1.29 is 14.5 Å². The number of carbonyl (C=O) groups excluding carboxylic acids is 1. The molecule has 2 aliphatic heterocycles. The van der Waals surface area contributed by atoms with E-state index in [4.69, 9.17) is 4.74 Å². The van der Waals surface area contributed by atoms with Crippen molar-refractivity contribution in [3.63, 3.8) is 0 Å². The van der Waals surface area contributed by atoms with E-state index in [-0.39, 0.29) is 10.8 Å². The van der Waals surface area contributed by atoms with E-state index in [0.29, 0.717) is 34.6 Å². The number of amides is 1. The zero-order chi connectivity index (χ0) is 25.7. The molecule has 7 nitrogen and oxygen atoms in total. The predicted octanol–water partition coefficient (Wildman–Crippen LogP) is 5.70. The number of fused-ring (bicyclic) bond motifs is 3. The number of anilines is 1. The van der Waals surface area contributed by atoms with E-state index in [1.54, 1.807) is 13.1 Å². The molecule has 1 fully saturated rings. The van der Waals surface area contributed by atoms with Gasteiger partial charge in [0.1, 0.15) is 12.4 Å². The van der Waals surface area contributed by atoms with E-state index in [1.165, 1.54) is 0 Å². The lowest BCUT2D eigenvalue weighted by Crippen LogP contribution is -2.54. The third kappa shape index (κ3) is 3.62. The van der Waals surface area contributed by atoms with Crippen LogP contribution in [0.1, 0.15) is 22.6 Å². The zero-order valence-corrected chi connectivity index (χ0v) is 21.6. The Balaban J connectivity index is 1.31. The van der Waals surface area contributed by atoms with Crippen LogP contribution < -0.4 is 10.1 Å². The first-order valence-corrected chi connectivity index (χ1v) is 12.8. The normalized spacial score (nSPS) is 22.8. The maximum atomic E-state index is 13.3. The van der Waals surface area contributed by atoms with Gasteiger partial charge in [0.05, 0.1) is 10.4 Å². The maximum absolute atomic E-state index is 13.3. The number of hydrogen-bond donors (Lipinski definition) is 1. The Labute approximate surface area is 222 Å². The molecule has 0 aliphatic carbocycles. The lowest BCUT2D eigenvalue weighted by Gasteiger charge is -2.30. The Kier molecular flexibility index (Phi) is 5.73. The fraction of sp³-hybridized carbons (Fsp3) is 0.207. The van der Waals surface area contributed by atoms with Gasteiger partial charge in [-0.2, -0.15) is 0 Å². The second-order valence-corrected chi connectivity index (χ2v) is 10.5. The summed E-state index contributed by atoms with van der Waals surface area (Å²) in [6.07, 6.45) is 0. The number of ether oxygens (including phenoxy) is 1. The van der Waals surface area contributed by atoms with Crippen LogP contribution in [0.5, 0.6) is 5.75 Å². The molecule has 2 heterocycles. The molecule has 37 heavy (non-hydrogen) atoms. The SMILES string of the molecule is CN1C[C@H](c2ccc(OCc3cccc4ccccc34)c(Br)c2)[C@@H]([N+](=O)[O-])[C@]12C(=O)Nc1ccccc12. The number of carbonyl (C=O) groups is 1. The van der Waals surface area contributed by atoms with Gasteiger partial charge in [0.25, 0.3) is 11.9 Å². The van der Waals surface area contributed by atoms with Gasteiger partial charge in [-0.15, -0.1) is 0 Å². The van der Waals surface area contributed by atoms with E-state index in [2.05, 4.69) is 39.4 Å². The van der Waals surface area contributed by atoms with Gasteiger partial charge in [0.15, 0.2) is 5.54 Å². The first kappa shape index (κ1) is 23.6. The first-order chi connectivity index (χ1) is 17.9. The second kappa shape index (κ2) is 8.97. The van der Waals surface area contributed by atoms with Gasteiger partial charge in [0, 0.05) is 22.7 Å². The molecule has 0 aromatic heterocycles. The van der Waals surface area contributed by atoms with Gasteiger partial charge in [-0.3, -0.25) is 19.8 Å². The van der Waals surface area contributed by atoms with Crippen molar-refractivity contribution in [3.05, 3.63) is 116 Å². The number of likely N-dealkylation sites (tertiary alicyclic amines) is 1. The lowest BCUT2D eigenvalue weighted by molar-refractivity contribution is -0.534. The third-order valence-electron chi connectivity index (χ3n) is 7.69. The van der Waals surface area contributed by atoms with Crippen LogP contribution in [-0.4, -0.2) is 35.4 Å². The summed E-state index contributed by atoms with van der Waals surface area (Å²) in [4.78, 5) is 27.4. The van der Waals surface area contributed by atoms with Crippen molar-refractivity contribution in [2.24, 2.45) is 0 Å². The average Bonchev–Trinajstić information content (AvgIpc) is 3.38. The fourth-order valence-corrected chi connectivity index (χ4v) is 6.53. The minimum absolute atomic E-state index is 0.297. The summed E-state index contributed by atoms with van der Waals surface area (Å²) in [6, 6.07) is 26.0. The molecule has 1 N–H and O–H groups in total. The summed E-state index contributed by atoms with van der Waals surface area (Å²) in [5, 5.41) is 17.7. The maximum Gasteiger partial charge on any atom is 0.256 e. The number of rotatable bonds is 5. The molecule has 8 heteroatoms. The second-order valence-electron chi connectivity index (χ2n) is 9.60. The summed E-state index contributed by atoms with van der Waals surface area (Å²) >= 11 is 3.61. The summed E-state index contributed by atoms with van der Waals surface area (Å²) in [6.45, 7) is 0.763. The molecule has 186 valence electrons. The summed E-state index contributed by atoms with van der Waals surface area (Å²) < 4.78 is 6.86. The number of benzene rings is 4. The van der Waals surface area contributed by atoms with Gasteiger partial charge in [-0.1, -0.05) is 66.7 Å². The van der Waals surface area contributed by atoms with Crippen molar-refractivity contribution in [2.75, 3.05) is 18.9 Å². The highest BCUT2D eigenvalue weighted by atomic mass is 79.9. The molecular formula is C29H24BrN3O4. The Morgan fingerprint density at radius 1 is 1.08 bits per heavy atom. The molecule has 4 aromatic carbocycles. The van der Waals surface area contributed by atoms with Gasteiger partial charge < -0.3 is 10.1 Å². The quantitative estimate of drug-likeness (QED) is 0.251. The molecular weight excluding hydrogens is 534 g/mol. The van der Waals surface area contributed by atoms with Gasteiger partial charge in [-0.05, 0) is 63.1 Å². The molecule has 0 radical (unpaired) electrons. The highest BCUT2D eigenvalue weighted by molar-refractivity contribution is 9.10. The fourth-order valence-electron chi connectivity index (χ4n) is 6.02. The molecule has 1 saturated heterocycles. The topological polar surface area (TPSA) is 84.7 Å². The Bertz CT molecular complexity index is 1550. The largest absolute Gasteiger partial charge is 0.488 e. The number of nitro groups is 1. The highest BCUT2D eigenvalue weighted by Crippen LogP contribution is 2.52. The van der Waals surface area contributed by atoms with E-state index in [0.717, 1.165) is 21.9 Å². The number of halogens is 1. The van der Waals surface area contributed by atoms with Gasteiger partial charge >= 0.3 is 0 Å².